The SMILES string of the molecule is Cc1noc([C@H]2CC[C@@H]3[C@@H](CCN3Cc3ccco3)O2)n1.O=C(O)C(F)(F)F. The summed E-state index contributed by atoms with van der Waals surface area (Å²) in [4.78, 5) is 15.6. The van der Waals surface area contributed by atoms with Crippen LogP contribution in [-0.2, 0) is 16.1 Å². The average molecular weight is 403 g/mol. The third kappa shape index (κ3) is 4.90. The molecule has 2 aromatic rings. The molecule has 0 radical (unpaired) electrons. The summed E-state index contributed by atoms with van der Waals surface area (Å²) in [5, 5.41) is 11.0. The molecule has 0 saturated carbocycles. The van der Waals surface area contributed by atoms with Gasteiger partial charge in [-0.25, -0.2) is 4.79 Å². The average Bonchev–Trinajstić information content (AvgIpc) is 3.36. The van der Waals surface area contributed by atoms with Gasteiger partial charge in [0.05, 0.1) is 18.9 Å². The van der Waals surface area contributed by atoms with Crippen molar-refractivity contribution in [1.29, 1.82) is 0 Å². The molecule has 0 spiro atoms. The highest BCUT2D eigenvalue weighted by Gasteiger charge is 2.41. The number of carboxylic acids is 1. The van der Waals surface area contributed by atoms with Crippen LogP contribution in [0.15, 0.2) is 27.3 Å². The van der Waals surface area contributed by atoms with E-state index >= 15 is 0 Å². The van der Waals surface area contributed by atoms with Crippen LogP contribution >= 0.6 is 0 Å². The van der Waals surface area contributed by atoms with Crippen LogP contribution in [0.5, 0.6) is 0 Å². The molecule has 2 fully saturated rings. The maximum atomic E-state index is 10.6. The zero-order valence-electron chi connectivity index (χ0n) is 15.1. The lowest BCUT2D eigenvalue weighted by molar-refractivity contribution is -0.192. The number of furan rings is 1. The highest BCUT2D eigenvalue weighted by atomic mass is 19.4. The first kappa shape index (κ1) is 20.3. The molecular formula is C17H20F3N3O5. The Morgan fingerprint density at radius 2 is 2.11 bits per heavy atom. The smallest absolute Gasteiger partial charge is 0.475 e. The van der Waals surface area contributed by atoms with Gasteiger partial charge < -0.3 is 18.8 Å². The quantitative estimate of drug-likeness (QED) is 0.834. The van der Waals surface area contributed by atoms with E-state index in [0.29, 0.717) is 17.8 Å². The van der Waals surface area contributed by atoms with Crippen molar-refractivity contribution in [3.05, 3.63) is 35.9 Å². The molecule has 154 valence electrons. The lowest BCUT2D eigenvalue weighted by atomic mass is 9.99. The molecule has 2 saturated heterocycles. The van der Waals surface area contributed by atoms with Gasteiger partial charge in [-0.15, -0.1) is 0 Å². The second-order valence-corrected chi connectivity index (χ2v) is 6.63. The van der Waals surface area contributed by atoms with E-state index in [2.05, 4.69) is 15.0 Å². The Bertz CT molecular complexity index is 777. The Kier molecular flexibility index (Phi) is 6.04. The van der Waals surface area contributed by atoms with Gasteiger partial charge in [0, 0.05) is 12.6 Å². The number of hydrogen-bond acceptors (Lipinski definition) is 7. The number of aryl methyl sites for hydroxylation is 1. The van der Waals surface area contributed by atoms with Crippen molar-refractivity contribution in [2.24, 2.45) is 0 Å². The largest absolute Gasteiger partial charge is 0.490 e. The molecular weight excluding hydrogens is 383 g/mol. The molecule has 28 heavy (non-hydrogen) atoms. The number of rotatable bonds is 3. The van der Waals surface area contributed by atoms with Gasteiger partial charge in [0.1, 0.15) is 11.9 Å². The van der Waals surface area contributed by atoms with Crippen molar-refractivity contribution in [1.82, 2.24) is 15.0 Å². The fourth-order valence-corrected chi connectivity index (χ4v) is 3.44. The minimum atomic E-state index is -5.08. The maximum Gasteiger partial charge on any atom is 0.490 e. The van der Waals surface area contributed by atoms with Crippen molar-refractivity contribution < 1.29 is 36.7 Å². The van der Waals surface area contributed by atoms with E-state index in [1.165, 1.54) is 0 Å². The van der Waals surface area contributed by atoms with Crippen molar-refractivity contribution in [2.75, 3.05) is 6.54 Å². The van der Waals surface area contributed by atoms with Crippen molar-refractivity contribution >= 4 is 5.97 Å². The predicted octanol–water partition coefficient (Wildman–Crippen LogP) is 3.10. The predicted molar refractivity (Wildman–Crippen MR) is 87.1 cm³/mol. The Morgan fingerprint density at radius 1 is 1.36 bits per heavy atom. The van der Waals surface area contributed by atoms with Crippen LogP contribution < -0.4 is 0 Å². The minimum absolute atomic E-state index is 0.0454. The topological polar surface area (TPSA) is 102 Å². The van der Waals surface area contributed by atoms with Gasteiger partial charge in [0.15, 0.2) is 5.82 Å². The van der Waals surface area contributed by atoms with E-state index in [1.807, 2.05) is 19.1 Å². The molecule has 4 heterocycles. The molecule has 0 amide bonds. The van der Waals surface area contributed by atoms with Gasteiger partial charge in [0.2, 0.25) is 0 Å². The molecule has 0 bridgehead atoms. The van der Waals surface area contributed by atoms with Gasteiger partial charge in [-0.1, -0.05) is 5.16 Å². The standard InChI is InChI=1S/C15H19N3O3.C2HF3O2/c1-10-16-15(21-17-10)14-5-4-12-13(20-14)6-7-18(12)9-11-3-2-8-19-11;3-2(4,5)1(6)7/h2-3,8,12-14H,4-7,9H2,1H3;(H,6,7)/t12-,13-,14-;/m1./s1. The van der Waals surface area contributed by atoms with E-state index in [9.17, 15) is 13.2 Å². The number of likely N-dealkylation sites (tertiary alicyclic amines) is 1. The van der Waals surface area contributed by atoms with Gasteiger partial charge in [0.25, 0.3) is 5.89 Å². The lowest BCUT2D eigenvalue weighted by Crippen LogP contribution is -2.40. The molecule has 0 aliphatic carbocycles. The monoisotopic (exact) mass is 403 g/mol. The number of halogens is 3. The van der Waals surface area contributed by atoms with Crippen LogP contribution in [0.25, 0.3) is 0 Å². The number of nitrogens with zero attached hydrogens (tertiary/aromatic N) is 3. The van der Waals surface area contributed by atoms with Crippen LogP contribution in [-0.4, -0.2) is 51.0 Å². The second kappa shape index (κ2) is 8.31. The van der Waals surface area contributed by atoms with E-state index in [1.54, 1.807) is 6.26 Å². The second-order valence-electron chi connectivity index (χ2n) is 6.63. The fourth-order valence-electron chi connectivity index (χ4n) is 3.44. The zero-order chi connectivity index (χ0) is 20.3. The number of aromatic nitrogens is 2. The highest BCUT2D eigenvalue weighted by molar-refractivity contribution is 5.73. The van der Waals surface area contributed by atoms with Crippen molar-refractivity contribution in [2.45, 2.75) is 57.2 Å². The first-order valence-corrected chi connectivity index (χ1v) is 8.76. The number of aliphatic carboxylic acids is 1. The van der Waals surface area contributed by atoms with Gasteiger partial charge >= 0.3 is 12.1 Å². The summed E-state index contributed by atoms with van der Waals surface area (Å²) in [5.41, 5.74) is 0. The van der Waals surface area contributed by atoms with E-state index in [4.69, 9.17) is 23.6 Å². The normalized spacial score (nSPS) is 25.1. The molecule has 0 unspecified atom stereocenters. The van der Waals surface area contributed by atoms with Crippen molar-refractivity contribution in [3.63, 3.8) is 0 Å². The molecule has 1 N–H and O–H groups in total. The van der Waals surface area contributed by atoms with Crippen LogP contribution in [0.2, 0.25) is 0 Å². The van der Waals surface area contributed by atoms with Gasteiger partial charge in [-0.2, -0.15) is 18.2 Å². The summed E-state index contributed by atoms with van der Waals surface area (Å²) < 4.78 is 48.6. The first-order chi connectivity index (χ1) is 13.2. The van der Waals surface area contributed by atoms with E-state index in [0.717, 1.165) is 38.1 Å². The molecule has 2 aliphatic heterocycles. The molecule has 3 atom stereocenters. The number of alkyl halides is 3. The summed E-state index contributed by atoms with van der Waals surface area (Å²) in [6.45, 7) is 3.74. The molecule has 4 rings (SSSR count). The summed E-state index contributed by atoms with van der Waals surface area (Å²) in [7, 11) is 0. The summed E-state index contributed by atoms with van der Waals surface area (Å²) in [5.74, 6) is -0.449. The molecule has 2 aliphatic rings. The molecule has 11 heteroatoms. The fraction of sp³-hybridized carbons (Fsp3) is 0.588. The van der Waals surface area contributed by atoms with Gasteiger partial charge in [-0.3, -0.25) is 4.90 Å². The van der Waals surface area contributed by atoms with Crippen LogP contribution in [0, 0.1) is 6.92 Å². The molecule has 8 nitrogen and oxygen atoms in total. The Labute approximate surface area is 158 Å². The number of carbonyl (C=O) groups is 1. The van der Waals surface area contributed by atoms with Crippen LogP contribution in [0.3, 0.4) is 0 Å². The lowest BCUT2D eigenvalue weighted by Gasteiger charge is -2.34. The third-order valence-electron chi connectivity index (χ3n) is 4.66. The van der Waals surface area contributed by atoms with Crippen LogP contribution in [0.4, 0.5) is 13.2 Å². The molecule has 0 aromatic carbocycles. The summed E-state index contributed by atoms with van der Waals surface area (Å²) in [6, 6.07) is 4.44. The zero-order valence-corrected chi connectivity index (χ0v) is 15.1. The third-order valence-corrected chi connectivity index (χ3v) is 4.66. The van der Waals surface area contributed by atoms with Crippen LogP contribution in [0.1, 0.15) is 42.8 Å². The van der Waals surface area contributed by atoms with Crippen molar-refractivity contribution in [3.8, 4) is 0 Å². The number of hydrogen-bond donors (Lipinski definition) is 1. The number of carboxylic acid groups (broad SMARTS) is 1. The van der Waals surface area contributed by atoms with E-state index < -0.39 is 12.1 Å². The Hall–Kier alpha value is -2.40. The number of ether oxygens (including phenoxy) is 1. The highest BCUT2D eigenvalue weighted by Crippen LogP contribution is 2.38. The first-order valence-electron chi connectivity index (χ1n) is 8.76. The minimum Gasteiger partial charge on any atom is -0.475 e. The maximum absolute atomic E-state index is 10.6. The number of fused-ring (bicyclic) bond motifs is 1. The van der Waals surface area contributed by atoms with E-state index in [-0.39, 0.29) is 12.2 Å². The summed E-state index contributed by atoms with van der Waals surface area (Å²) in [6.07, 6.45) is -0.0695. The Morgan fingerprint density at radius 3 is 2.68 bits per heavy atom. The summed E-state index contributed by atoms with van der Waals surface area (Å²) >= 11 is 0. The molecule has 2 aromatic heterocycles. The Balaban J connectivity index is 0.000000279. The van der Waals surface area contributed by atoms with Gasteiger partial charge in [-0.05, 0) is 38.3 Å².